The molecule has 0 aliphatic carbocycles. The van der Waals surface area contributed by atoms with Crippen LogP contribution in [0, 0.1) is 11.3 Å². The highest BCUT2D eigenvalue weighted by molar-refractivity contribution is 7.92. The molecular formula is C17H16N4O3S. The van der Waals surface area contributed by atoms with Gasteiger partial charge in [0.05, 0.1) is 6.54 Å². The molecule has 1 aromatic carbocycles. The summed E-state index contributed by atoms with van der Waals surface area (Å²) in [5, 5.41) is 10.2. The first-order valence-electron chi connectivity index (χ1n) is 7.69. The minimum absolute atomic E-state index is 0.0905. The maximum absolute atomic E-state index is 12.4. The Morgan fingerprint density at radius 1 is 1.24 bits per heavy atom. The Labute approximate surface area is 146 Å². The Morgan fingerprint density at radius 3 is 2.76 bits per heavy atom. The van der Waals surface area contributed by atoms with Crippen LogP contribution in [0.25, 0.3) is 6.08 Å². The van der Waals surface area contributed by atoms with Crippen LogP contribution in [0.4, 0.5) is 0 Å². The van der Waals surface area contributed by atoms with Crippen LogP contribution in [0.5, 0.6) is 5.88 Å². The fraction of sp³-hybridized carbons (Fsp3) is 0.235. The number of benzene rings is 1. The fourth-order valence-electron chi connectivity index (χ4n) is 2.49. The first-order chi connectivity index (χ1) is 12.1. The lowest BCUT2D eigenvalue weighted by molar-refractivity contribution is 0.205. The molecule has 0 spiro atoms. The van der Waals surface area contributed by atoms with Gasteiger partial charge in [-0.1, -0.05) is 30.3 Å². The van der Waals surface area contributed by atoms with E-state index < -0.39 is 10.0 Å². The van der Waals surface area contributed by atoms with Gasteiger partial charge in [-0.2, -0.15) is 9.57 Å². The number of nitriles is 1. The maximum Gasteiger partial charge on any atom is 0.251 e. The number of aromatic nitrogens is 2. The molecule has 0 radical (unpaired) electrons. The average molecular weight is 356 g/mol. The van der Waals surface area contributed by atoms with Gasteiger partial charge in [0.15, 0.2) is 0 Å². The van der Waals surface area contributed by atoms with Crippen molar-refractivity contribution in [3.8, 4) is 11.9 Å². The van der Waals surface area contributed by atoms with Crippen molar-refractivity contribution in [2.24, 2.45) is 0 Å². The van der Waals surface area contributed by atoms with E-state index >= 15 is 0 Å². The quantitative estimate of drug-likeness (QED) is 0.810. The number of hydrogen-bond donors (Lipinski definition) is 0. The van der Waals surface area contributed by atoms with Gasteiger partial charge in [-0.15, -0.1) is 0 Å². The maximum atomic E-state index is 12.4. The Morgan fingerprint density at radius 2 is 2.00 bits per heavy atom. The third-order valence-electron chi connectivity index (χ3n) is 3.75. The molecule has 1 saturated heterocycles. The van der Waals surface area contributed by atoms with Crippen LogP contribution < -0.4 is 4.74 Å². The van der Waals surface area contributed by atoms with Crippen LogP contribution >= 0.6 is 0 Å². The lowest BCUT2D eigenvalue weighted by Crippen LogP contribution is -2.29. The van der Waals surface area contributed by atoms with Gasteiger partial charge in [-0.3, -0.25) is 0 Å². The van der Waals surface area contributed by atoms with Crippen molar-refractivity contribution >= 4 is 16.1 Å². The monoisotopic (exact) mass is 356 g/mol. The van der Waals surface area contributed by atoms with Crippen molar-refractivity contribution in [1.82, 2.24) is 14.3 Å². The van der Waals surface area contributed by atoms with Crippen LogP contribution in [-0.4, -0.2) is 41.9 Å². The third kappa shape index (κ3) is 4.21. The molecule has 0 amide bonds. The molecule has 1 aliphatic heterocycles. The van der Waals surface area contributed by atoms with E-state index in [2.05, 4.69) is 9.97 Å². The van der Waals surface area contributed by atoms with Gasteiger partial charge in [0.2, 0.25) is 15.7 Å². The lowest BCUT2D eigenvalue weighted by Gasteiger charge is -2.15. The highest BCUT2D eigenvalue weighted by atomic mass is 32.2. The molecule has 0 saturated carbocycles. The lowest BCUT2D eigenvalue weighted by atomic mass is 10.2. The van der Waals surface area contributed by atoms with E-state index in [-0.39, 0.29) is 24.2 Å². The summed E-state index contributed by atoms with van der Waals surface area (Å²) in [4.78, 5) is 7.87. The van der Waals surface area contributed by atoms with Crippen molar-refractivity contribution in [2.75, 3.05) is 13.1 Å². The standard InChI is InChI=1S/C17H16N4O3S/c18-12-16-17(20-9-8-19-16)24-15-6-10-21(13-15)25(22,23)11-7-14-4-2-1-3-5-14/h1-5,7-9,11,15H,6,10,13H2/b11-7+/t15-/m1/s1. The summed E-state index contributed by atoms with van der Waals surface area (Å²) in [6, 6.07) is 11.1. The van der Waals surface area contributed by atoms with E-state index in [0.717, 1.165) is 5.56 Å². The second kappa shape index (κ2) is 7.42. The van der Waals surface area contributed by atoms with Crippen molar-refractivity contribution in [3.63, 3.8) is 0 Å². The highest BCUT2D eigenvalue weighted by Gasteiger charge is 2.31. The Hall–Kier alpha value is -2.76. The van der Waals surface area contributed by atoms with E-state index in [1.165, 1.54) is 22.1 Å². The van der Waals surface area contributed by atoms with Crippen LogP contribution in [-0.2, 0) is 10.0 Å². The van der Waals surface area contributed by atoms with Crippen molar-refractivity contribution in [2.45, 2.75) is 12.5 Å². The predicted octanol–water partition coefficient (Wildman–Crippen LogP) is 1.80. The first kappa shape index (κ1) is 17.1. The summed E-state index contributed by atoms with van der Waals surface area (Å²) in [5.41, 5.74) is 0.907. The van der Waals surface area contributed by atoms with Gasteiger partial charge < -0.3 is 4.74 Å². The molecule has 7 nitrogen and oxygen atoms in total. The Balaban J connectivity index is 1.66. The van der Waals surface area contributed by atoms with E-state index in [9.17, 15) is 8.42 Å². The number of rotatable bonds is 5. The largest absolute Gasteiger partial charge is 0.471 e. The molecule has 2 aromatic rings. The molecule has 0 bridgehead atoms. The third-order valence-corrected chi connectivity index (χ3v) is 5.28. The topological polar surface area (TPSA) is 96.2 Å². The summed E-state index contributed by atoms with van der Waals surface area (Å²) < 4.78 is 31.9. The average Bonchev–Trinajstić information content (AvgIpc) is 3.11. The van der Waals surface area contributed by atoms with Crippen LogP contribution in [0.2, 0.25) is 0 Å². The second-order valence-corrected chi connectivity index (χ2v) is 7.29. The van der Waals surface area contributed by atoms with Gasteiger partial charge in [0.1, 0.15) is 12.2 Å². The molecular weight excluding hydrogens is 340 g/mol. The van der Waals surface area contributed by atoms with Gasteiger partial charge in [-0.05, 0) is 18.1 Å². The van der Waals surface area contributed by atoms with Crippen LogP contribution in [0.3, 0.4) is 0 Å². The number of hydrogen-bond acceptors (Lipinski definition) is 6. The van der Waals surface area contributed by atoms with Gasteiger partial charge in [-0.25, -0.2) is 18.4 Å². The van der Waals surface area contributed by atoms with Crippen molar-refractivity contribution in [3.05, 3.63) is 59.4 Å². The normalized spacial score (nSPS) is 18.3. The SMILES string of the molecule is N#Cc1nccnc1O[C@@H]1CCN(S(=O)(=O)/C=C/c2ccccc2)C1. The molecule has 1 aromatic heterocycles. The summed E-state index contributed by atoms with van der Waals surface area (Å²) in [5.74, 6) is 0.133. The molecule has 8 heteroatoms. The van der Waals surface area contributed by atoms with E-state index in [1.54, 1.807) is 6.08 Å². The first-order valence-corrected chi connectivity index (χ1v) is 9.20. The Kier molecular flexibility index (Phi) is 5.07. The molecule has 1 atom stereocenters. The number of nitrogens with zero attached hydrogens (tertiary/aromatic N) is 4. The van der Waals surface area contributed by atoms with Gasteiger partial charge in [0.25, 0.3) is 5.88 Å². The van der Waals surface area contributed by atoms with Gasteiger partial charge in [0, 0.05) is 24.3 Å². The van der Waals surface area contributed by atoms with E-state index in [1.807, 2.05) is 36.4 Å². The molecule has 3 rings (SSSR count). The molecule has 1 aliphatic rings. The molecule has 128 valence electrons. The molecule has 0 N–H and O–H groups in total. The summed E-state index contributed by atoms with van der Waals surface area (Å²) in [7, 11) is -3.53. The van der Waals surface area contributed by atoms with E-state index in [0.29, 0.717) is 13.0 Å². The van der Waals surface area contributed by atoms with Crippen LogP contribution in [0.15, 0.2) is 48.1 Å². The van der Waals surface area contributed by atoms with Crippen molar-refractivity contribution < 1.29 is 13.2 Å². The summed E-state index contributed by atoms with van der Waals surface area (Å²) in [6.07, 6.45) is 4.58. The number of sulfonamides is 1. The van der Waals surface area contributed by atoms with Crippen LogP contribution in [0.1, 0.15) is 17.7 Å². The minimum Gasteiger partial charge on any atom is -0.471 e. The Bertz CT molecular complexity index is 907. The zero-order valence-electron chi connectivity index (χ0n) is 13.3. The second-order valence-electron chi connectivity index (χ2n) is 5.47. The molecule has 1 fully saturated rings. The minimum atomic E-state index is -3.53. The summed E-state index contributed by atoms with van der Waals surface area (Å²) >= 11 is 0. The zero-order valence-corrected chi connectivity index (χ0v) is 14.1. The fourth-order valence-corrected chi connectivity index (χ4v) is 3.72. The highest BCUT2D eigenvalue weighted by Crippen LogP contribution is 2.21. The van der Waals surface area contributed by atoms with Crippen molar-refractivity contribution in [1.29, 1.82) is 5.26 Å². The number of ether oxygens (including phenoxy) is 1. The van der Waals surface area contributed by atoms with Gasteiger partial charge >= 0.3 is 0 Å². The molecule has 25 heavy (non-hydrogen) atoms. The molecule has 2 heterocycles. The summed E-state index contributed by atoms with van der Waals surface area (Å²) in [6.45, 7) is 0.567. The molecule has 0 unspecified atom stereocenters. The predicted molar refractivity (Wildman–Crippen MR) is 91.7 cm³/mol. The van der Waals surface area contributed by atoms with E-state index in [4.69, 9.17) is 10.00 Å². The zero-order chi connectivity index (χ0) is 17.7. The smallest absolute Gasteiger partial charge is 0.251 e.